The van der Waals surface area contributed by atoms with E-state index in [2.05, 4.69) is 11.9 Å². The van der Waals surface area contributed by atoms with Crippen LogP contribution >= 0.6 is 0 Å². The van der Waals surface area contributed by atoms with Crippen LogP contribution in [0.25, 0.3) is 6.08 Å². The van der Waals surface area contributed by atoms with Crippen LogP contribution in [-0.2, 0) is 26.2 Å². The molecule has 9 nitrogen and oxygen atoms in total. The molecule has 5 aliphatic rings. The molecule has 1 aliphatic heterocycles. The van der Waals surface area contributed by atoms with Crippen molar-refractivity contribution in [2.24, 2.45) is 17.8 Å². The molecule has 4 bridgehead atoms. The summed E-state index contributed by atoms with van der Waals surface area (Å²) in [5.74, 6) is 0.181. The SMILES string of the molecule is C=CCc1cc(/C=C2\C(=O)NC(=O)N(c3ccc(C45CC6CC(CC(C6)C4)C5)cc3)C2=O)cc(OC)c1OCC(=O)O. The monoisotopic (exact) mass is 570 g/mol. The summed E-state index contributed by atoms with van der Waals surface area (Å²) in [6, 6.07) is 10.1. The molecular formula is C33H34N2O7. The Morgan fingerprint density at radius 1 is 1.07 bits per heavy atom. The second-order valence-electron chi connectivity index (χ2n) is 12.1. The molecule has 0 unspecified atom stereocenters. The third-order valence-electron chi connectivity index (χ3n) is 9.27. The average molecular weight is 571 g/mol. The number of rotatable bonds is 9. The summed E-state index contributed by atoms with van der Waals surface area (Å²) in [6.07, 6.45) is 11.0. The van der Waals surface area contributed by atoms with Gasteiger partial charge in [-0.15, -0.1) is 6.58 Å². The van der Waals surface area contributed by atoms with E-state index in [9.17, 15) is 19.2 Å². The number of anilines is 1. The fourth-order valence-corrected chi connectivity index (χ4v) is 8.01. The Morgan fingerprint density at radius 2 is 1.71 bits per heavy atom. The first-order valence-corrected chi connectivity index (χ1v) is 14.4. The quantitative estimate of drug-likeness (QED) is 0.247. The number of carbonyl (C=O) groups excluding carboxylic acids is 3. The van der Waals surface area contributed by atoms with Gasteiger partial charge in [-0.2, -0.15) is 0 Å². The number of nitrogens with zero attached hydrogens (tertiary/aromatic N) is 1. The Bertz CT molecular complexity index is 1470. The number of urea groups is 1. The lowest BCUT2D eigenvalue weighted by atomic mass is 9.48. The molecule has 1 saturated heterocycles. The molecule has 2 aromatic carbocycles. The van der Waals surface area contributed by atoms with Gasteiger partial charge in [0.2, 0.25) is 0 Å². The lowest BCUT2D eigenvalue weighted by Gasteiger charge is -2.57. The lowest BCUT2D eigenvalue weighted by molar-refractivity contribution is -0.139. The predicted molar refractivity (Wildman–Crippen MR) is 155 cm³/mol. The zero-order valence-corrected chi connectivity index (χ0v) is 23.6. The minimum atomic E-state index is -1.15. The number of ether oxygens (including phenoxy) is 2. The van der Waals surface area contributed by atoms with E-state index in [1.807, 2.05) is 12.1 Å². The number of barbiturate groups is 1. The van der Waals surface area contributed by atoms with E-state index >= 15 is 0 Å². The highest BCUT2D eigenvalue weighted by Crippen LogP contribution is 2.60. The molecule has 0 radical (unpaired) electrons. The van der Waals surface area contributed by atoms with E-state index in [4.69, 9.17) is 14.6 Å². The normalized spacial score (nSPS) is 27.3. The Hall–Kier alpha value is -4.40. The number of benzene rings is 2. The third-order valence-corrected chi connectivity index (χ3v) is 9.27. The van der Waals surface area contributed by atoms with E-state index in [0.717, 1.165) is 22.7 Å². The summed E-state index contributed by atoms with van der Waals surface area (Å²) in [7, 11) is 1.41. The van der Waals surface area contributed by atoms with Crippen LogP contribution in [0, 0.1) is 17.8 Å². The van der Waals surface area contributed by atoms with Crippen molar-refractivity contribution in [1.29, 1.82) is 0 Å². The molecule has 4 saturated carbocycles. The van der Waals surface area contributed by atoms with Crippen molar-refractivity contribution in [3.63, 3.8) is 0 Å². The van der Waals surface area contributed by atoms with Gasteiger partial charge in [-0.25, -0.2) is 14.5 Å². The number of carboxylic acids is 1. The molecule has 0 spiro atoms. The standard InChI is InChI=1S/C33H34N2O7/c1-3-4-23-12-19(14-27(41-2)29(23)42-18-28(36)37)13-26-30(38)34-32(40)35(31(26)39)25-7-5-24(6-8-25)33-15-20-9-21(16-33)11-22(10-20)17-33/h3,5-8,12-14,20-22H,1,4,9-11,15-18H2,2H3,(H,36,37)(H,34,38,40)/b26-13+. The van der Waals surface area contributed by atoms with Crippen LogP contribution in [0.1, 0.15) is 55.2 Å². The van der Waals surface area contributed by atoms with Gasteiger partial charge in [-0.1, -0.05) is 18.2 Å². The minimum Gasteiger partial charge on any atom is -0.493 e. The Balaban J connectivity index is 1.29. The van der Waals surface area contributed by atoms with Crippen molar-refractivity contribution in [1.82, 2.24) is 5.32 Å². The van der Waals surface area contributed by atoms with Crippen molar-refractivity contribution in [3.05, 3.63) is 71.3 Å². The van der Waals surface area contributed by atoms with Crippen LogP contribution in [0.3, 0.4) is 0 Å². The smallest absolute Gasteiger partial charge is 0.341 e. The topological polar surface area (TPSA) is 122 Å². The zero-order chi connectivity index (χ0) is 29.6. The second kappa shape index (κ2) is 10.8. The maximum Gasteiger partial charge on any atom is 0.341 e. The van der Waals surface area contributed by atoms with Gasteiger partial charge in [-0.05, 0) is 110 Å². The van der Waals surface area contributed by atoms with Gasteiger partial charge in [-0.3, -0.25) is 14.9 Å². The van der Waals surface area contributed by atoms with Crippen LogP contribution in [0.15, 0.2) is 54.6 Å². The molecule has 0 atom stereocenters. The van der Waals surface area contributed by atoms with Crippen molar-refractivity contribution in [2.45, 2.75) is 50.4 Å². The van der Waals surface area contributed by atoms with Gasteiger partial charge in [0.05, 0.1) is 12.8 Å². The fraction of sp³-hybridized carbons (Fsp3) is 0.394. The van der Waals surface area contributed by atoms with Crippen molar-refractivity contribution < 1.29 is 33.8 Å². The first kappa shape index (κ1) is 27.8. The van der Waals surface area contributed by atoms with E-state index in [0.29, 0.717) is 23.2 Å². The van der Waals surface area contributed by atoms with Crippen LogP contribution in [0.5, 0.6) is 11.5 Å². The maximum atomic E-state index is 13.6. The van der Waals surface area contributed by atoms with Gasteiger partial charge < -0.3 is 14.6 Å². The van der Waals surface area contributed by atoms with Gasteiger partial charge in [0.15, 0.2) is 18.1 Å². The van der Waals surface area contributed by atoms with E-state index in [1.165, 1.54) is 57.3 Å². The largest absolute Gasteiger partial charge is 0.493 e. The second-order valence-corrected chi connectivity index (χ2v) is 12.1. The van der Waals surface area contributed by atoms with Gasteiger partial charge in [0.25, 0.3) is 11.8 Å². The van der Waals surface area contributed by atoms with Crippen molar-refractivity contribution >= 4 is 35.6 Å². The summed E-state index contributed by atoms with van der Waals surface area (Å²) in [5, 5.41) is 11.3. The molecule has 2 aromatic rings. The van der Waals surface area contributed by atoms with Crippen LogP contribution in [-0.4, -0.2) is 42.6 Å². The highest BCUT2D eigenvalue weighted by Gasteiger charge is 2.51. The number of aliphatic carboxylic acids is 1. The van der Waals surface area contributed by atoms with Crippen molar-refractivity contribution in [3.8, 4) is 11.5 Å². The Kier molecular flexibility index (Phi) is 7.12. The molecule has 0 aromatic heterocycles. The lowest BCUT2D eigenvalue weighted by Crippen LogP contribution is -2.54. The van der Waals surface area contributed by atoms with E-state index < -0.39 is 30.4 Å². The molecule has 2 N–H and O–H groups in total. The summed E-state index contributed by atoms with van der Waals surface area (Å²) in [5.41, 5.74) is 2.64. The first-order chi connectivity index (χ1) is 20.2. The van der Waals surface area contributed by atoms with Crippen LogP contribution in [0.2, 0.25) is 0 Å². The van der Waals surface area contributed by atoms with E-state index in [1.54, 1.807) is 30.3 Å². The number of carboxylic acid groups (broad SMARTS) is 1. The summed E-state index contributed by atoms with van der Waals surface area (Å²) >= 11 is 0. The number of hydrogen-bond donors (Lipinski definition) is 2. The summed E-state index contributed by atoms with van der Waals surface area (Å²) < 4.78 is 10.9. The molecule has 4 aliphatic carbocycles. The highest BCUT2D eigenvalue weighted by atomic mass is 16.5. The zero-order valence-electron chi connectivity index (χ0n) is 23.6. The molecule has 7 rings (SSSR count). The number of allylic oxidation sites excluding steroid dienone is 1. The Labute approximate surface area is 244 Å². The molecule has 1 heterocycles. The molecule has 4 amide bonds. The summed E-state index contributed by atoms with van der Waals surface area (Å²) in [6.45, 7) is 3.17. The predicted octanol–water partition coefficient (Wildman–Crippen LogP) is 5.02. The third kappa shape index (κ3) is 4.97. The van der Waals surface area contributed by atoms with Crippen LogP contribution < -0.4 is 19.7 Å². The number of carbonyl (C=O) groups is 4. The van der Waals surface area contributed by atoms with Gasteiger partial charge in [0.1, 0.15) is 5.57 Å². The number of imide groups is 2. The van der Waals surface area contributed by atoms with Crippen LogP contribution in [0.4, 0.5) is 10.5 Å². The molecule has 218 valence electrons. The Morgan fingerprint density at radius 3 is 2.29 bits per heavy atom. The molecule has 5 fully saturated rings. The number of amides is 4. The summed E-state index contributed by atoms with van der Waals surface area (Å²) in [4.78, 5) is 51.4. The van der Waals surface area contributed by atoms with E-state index in [-0.39, 0.29) is 22.5 Å². The maximum absolute atomic E-state index is 13.6. The number of nitrogens with one attached hydrogen (secondary N) is 1. The van der Waals surface area contributed by atoms with Gasteiger partial charge in [0, 0.05) is 5.56 Å². The van der Waals surface area contributed by atoms with Gasteiger partial charge >= 0.3 is 12.0 Å². The molecular weight excluding hydrogens is 536 g/mol. The van der Waals surface area contributed by atoms with Crippen molar-refractivity contribution in [2.75, 3.05) is 18.6 Å². The number of methoxy groups -OCH3 is 1. The molecule has 42 heavy (non-hydrogen) atoms. The first-order valence-electron chi connectivity index (χ1n) is 14.4. The highest BCUT2D eigenvalue weighted by molar-refractivity contribution is 6.39. The average Bonchev–Trinajstić information content (AvgIpc) is 2.94. The fourth-order valence-electron chi connectivity index (χ4n) is 8.01. The molecule has 9 heteroatoms. The number of hydrogen-bond acceptors (Lipinski definition) is 6. The minimum absolute atomic E-state index is 0.186.